The zero-order valence-corrected chi connectivity index (χ0v) is 18.7. The van der Waals surface area contributed by atoms with Crippen LogP contribution in [0.2, 0.25) is 0 Å². The molecule has 0 bridgehead atoms. The van der Waals surface area contributed by atoms with Gasteiger partial charge in [-0.05, 0) is 41.8 Å². The molecule has 0 spiro atoms. The first-order valence-electron chi connectivity index (χ1n) is 11.8. The molecule has 2 fully saturated rings. The van der Waals surface area contributed by atoms with Gasteiger partial charge in [0.25, 0.3) is 5.91 Å². The van der Waals surface area contributed by atoms with Crippen LogP contribution >= 0.6 is 0 Å². The molecule has 7 nitrogen and oxygen atoms in total. The van der Waals surface area contributed by atoms with Crippen molar-refractivity contribution in [3.8, 4) is 0 Å². The first-order valence-corrected chi connectivity index (χ1v) is 11.8. The van der Waals surface area contributed by atoms with E-state index in [-0.39, 0.29) is 18.0 Å². The van der Waals surface area contributed by atoms with Gasteiger partial charge < -0.3 is 19.0 Å². The smallest absolute Gasteiger partial charge is 0.365 e. The highest BCUT2D eigenvalue weighted by molar-refractivity contribution is 6.16. The van der Waals surface area contributed by atoms with Crippen LogP contribution in [0.4, 0.5) is 0 Å². The monoisotopic (exact) mass is 455 g/mol. The summed E-state index contributed by atoms with van der Waals surface area (Å²) in [6, 6.07) is 17.5. The summed E-state index contributed by atoms with van der Waals surface area (Å²) in [4.78, 5) is 34.5. The van der Waals surface area contributed by atoms with Gasteiger partial charge in [-0.25, -0.2) is 9.79 Å². The highest BCUT2D eigenvalue weighted by Crippen LogP contribution is 2.33. The summed E-state index contributed by atoms with van der Waals surface area (Å²) in [5, 5.41) is 2.06. The molecule has 7 heteroatoms. The molecule has 2 aliphatic heterocycles. The Morgan fingerprint density at radius 1 is 0.971 bits per heavy atom. The normalized spacial score (nSPS) is 23.7. The highest BCUT2D eigenvalue weighted by atomic mass is 16.6. The van der Waals surface area contributed by atoms with E-state index in [2.05, 4.69) is 9.89 Å². The Morgan fingerprint density at radius 2 is 1.79 bits per heavy atom. The molecule has 34 heavy (non-hydrogen) atoms. The maximum absolute atomic E-state index is 13.0. The second-order valence-electron chi connectivity index (χ2n) is 8.98. The molecular weight excluding hydrogens is 430 g/mol. The summed E-state index contributed by atoms with van der Waals surface area (Å²) in [7, 11) is 0. The van der Waals surface area contributed by atoms with Crippen LogP contribution in [0.5, 0.6) is 0 Å². The predicted octanol–water partition coefficient (Wildman–Crippen LogP) is 4.35. The third-order valence-corrected chi connectivity index (χ3v) is 7.04. The van der Waals surface area contributed by atoms with Gasteiger partial charge in [-0.3, -0.25) is 4.79 Å². The molecule has 2 atom stereocenters. The Bertz CT molecular complexity index is 1310. The van der Waals surface area contributed by atoms with Crippen molar-refractivity contribution in [2.75, 3.05) is 13.1 Å². The van der Waals surface area contributed by atoms with E-state index in [4.69, 9.17) is 9.15 Å². The second-order valence-corrected chi connectivity index (χ2v) is 8.98. The van der Waals surface area contributed by atoms with Crippen molar-refractivity contribution in [1.82, 2.24) is 9.80 Å². The number of nitrogens with zero attached hydrogens (tertiary/aromatic N) is 3. The van der Waals surface area contributed by atoms with Gasteiger partial charge in [-0.2, -0.15) is 0 Å². The Hall–Kier alpha value is -3.87. The van der Waals surface area contributed by atoms with Crippen LogP contribution in [0, 0.1) is 0 Å². The molecule has 3 aliphatic rings. The third kappa shape index (κ3) is 3.57. The number of rotatable bonds is 3. The average Bonchev–Trinajstić information content (AvgIpc) is 3.54. The molecule has 1 amide bonds. The van der Waals surface area contributed by atoms with Crippen LogP contribution in [-0.2, 0) is 9.53 Å². The Balaban J connectivity index is 1.29. The lowest BCUT2D eigenvalue weighted by atomic mass is 9.86. The van der Waals surface area contributed by atoms with E-state index in [1.807, 2.05) is 53.6 Å². The summed E-state index contributed by atoms with van der Waals surface area (Å²) < 4.78 is 11.0. The Labute approximate surface area is 197 Å². The van der Waals surface area contributed by atoms with Crippen LogP contribution in [0.3, 0.4) is 0 Å². The maximum atomic E-state index is 13.0. The molecule has 2 aromatic carbocycles. The van der Waals surface area contributed by atoms with Gasteiger partial charge in [0.1, 0.15) is 0 Å². The lowest BCUT2D eigenvalue weighted by molar-refractivity contribution is -0.130. The molecule has 172 valence electrons. The summed E-state index contributed by atoms with van der Waals surface area (Å²) in [5.41, 5.74) is 1.11. The van der Waals surface area contributed by atoms with Gasteiger partial charge in [0, 0.05) is 30.9 Å². The first-order chi connectivity index (χ1) is 16.7. The quantitative estimate of drug-likeness (QED) is 0.434. The minimum atomic E-state index is -0.440. The minimum Gasteiger partial charge on any atom is -0.459 e. The summed E-state index contributed by atoms with van der Waals surface area (Å²) in [6.45, 7) is 1.20. The molecule has 6 rings (SSSR count). The molecule has 2 unspecified atom stereocenters. The van der Waals surface area contributed by atoms with Gasteiger partial charge in [0.05, 0.1) is 12.3 Å². The van der Waals surface area contributed by atoms with Gasteiger partial charge in [0.15, 0.2) is 11.5 Å². The van der Waals surface area contributed by atoms with E-state index in [9.17, 15) is 9.59 Å². The number of fused-ring (bicyclic) bond motifs is 2. The lowest BCUT2D eigenvalue weighted by Gasteiger charge is -2.49. The number of amides is 1. The fourth-order valence-corrected chi connectivity index (χ4v) is 5.43. The molecule has 0 N–H and O–H groups in total. The SMILES string of the molecule is O=C1OC(c2cccc3ccccc23)=NC1=CN1CCN(C(=O)c2ccco2)C2CCCCC21. The molecular formula is C27H25N3O4. The number of esters is 1. The topological polar surface area (TPSA) is 75.3 Å². The van der Waals surface area contributed by atoms with E-state index in [0.717, 1.165) is 42.0 Å². The molecule has 1 aliphatic carbocycles. The number of carbonyl (C=O) groups is 2. The van der Waals surface area contributed by atoms with E-state index in [0.29, 0.717) is 30.4 Å². The van der Waals surface area contributed by atoms with Crippen LogP contribution in [0.15, 0.2) is 82.2 Å². The van der Waals surface area contributed by atoms with E-state index in [1.54, 1.807) is 12.1 Å². The van der Waals surface area contributed by atoms with Crippen molar-refractivity contribution < 1.29 is 18.7 Å². The van der Waals surface area contributed by atoms with E-state index >= 15 is 0 Å². The standard InChI is InChI=1S/C27H25N3O4/c31-26(24-13-6-16-33-24)30-15-14-29(22-11-3-4-12-23(22)30)17-21-27(32)34-25(28-21)20-10-5-8-18-7-1-2-9-19(18)20/h1-2,5-10,13,16-17,22-23H,3-4,11-12,14-15H2. The number of piperazine rings is 1. The second kappa shape index (κ2) is 8.48. The summed E-state index contributed by atoms with van der Waals surface area (Å²) in [5.74, 6) is 0.204. The van der Waals surface area contributed by atoms with E-state index in [1.165, 1.54) is 6.26 Å². The number of cyclic esters (lactones) is 1. The van der Waals surface area contributed by atoms with Crippen molar-refractivity contribution in [2.24, 2.45) is 4.99 Å². The number of aliphatic imine (C=N–C) groups is 1. The predicted molar refractivity (Wildman–Crippen MR) is 127 cm³/mol. The number of hydrogen-bond acceptors (Lipinski definition) is 6. The van der Waals surface area contributed by atoms with Gasteiger partial charge in [-0.15, -0.1) is 0 Å². The number of benzene rings is 2. The minimum absolute atomic E-state index is 0.0641. The molecule has 1 saturated heterocycles. The fourth-order valence-electron chi connectivity index (χ4n) is 5.43. The molecule has 0 radical (unpaired) electrons. The van der Waals surface area contributed by atoms with Gasteiger partial charge in [0.2, 0.25) is 5.90 Å². The van der Waals surface area contributed by atoms with Crippen LogP contribution in [0.25, 0.3) is 10.8 Å². The summed E-state index contributed by atoms with van der Waals surface area (Å²) in [6.07, 6.45) is 7.44. The average molecular weight is 456 g/mol. The van der Waals surface area contributed by atoms with Crippen molar-refractivity contribution in [2.45, 2.75) is 37.8 Å². The maximum Gasteiger partial charge on any atom is 0.365 e. The largest absolute Gasteiger partial charge is 0.459 e. The Kier molecular flexibility index (Phi) is 5.17. The fraction of sp³-hybridized carbons (Fsp3) is 0.296. The van der Waals surface area contributed by atoms with Crippen molar-refractivity contribution >= 4 is 28.5 Å². The van der Waals surface area contributed by atoms with Crippen molar-refractivity contribution in [3.63, 3.8) is 0 Å². The number of hydrogen-bond donors (Lipinski definition) is 0. The van der Waals surface area contributed by atoms with Crippen molar-refractivity contribution in [3.05, 3.63) is 84.1 Å². The van der Waals surface area contributed by atoms with Gasteiger partial charge >= 0.3 is 5.97 Å². The molecule has 3 heterocycles. The van der Waals surface area contributed by atoms with E-state index < -0.39 is 5.97 Å². The Morgan fingerprint density at radius 3 is 2.65 bits per heavy atom. The lowest BCUT2D eigenvalue weighted by Crippen LogP contribution is -2.60. The molecule has 3 aromatic rings. The van der Waals surface area contributed by atoms with Crippen LogP contribution in [-0.4, -0.2) is 52.7 Å². The third-order valence-electron chi connectivity index (χ3n) is 7.04. The van der Waals surface area contributed by atoms with Crippen LogP contribution in [0.1, 0.15) is 41.8 Å². The summed E-state index contributed by atoms with van der Waals surface area (Å²) >= 11 is 0. The molecule has 1 aromatic heterocycles. The van der Waals surface area contributed by atoms with Crippen LogP contribution < -0.4 is 0 Å². The number of carbonyl (C=O) groups excluding carboxylic acids is 2. The number of furan rings is 1. The first kappa shape index (κ1) is 20.7. The molecule has 1 saturated carbocycles. The zero-order chi connectivity index (χ0) is 23.1. The number of ether oxygens (including phenoxy) is 1. The van der Waals surface area contributed by atoms with Crippen molar-refractivity contribution in [1.29, 1.82) is 0 Å². The highest BCUT2D eigenvalue weighted by Gasteiger charge is 2.40. The zero-order valence-electron chi connectivity index (χ0n) is 18.7. The van der Waals surface area contributed by atoms with Gasteiger partial charge in [-0.1, -0.05) is 49.2 Å².